The first-order valence-corrected chi connectivity index (χ1v) is 7.08. The van der Waals surface area contributed by atoms with Gasteiger partial charge >= 0.3 is 0 Å². The second-order valence-corrected chi connectivity index (χ2v) is 5.02. The minimum absolute atomic E-state index is 0.121. The molecule has 20 heavy (non-hydrogen) atoms. The number of benzene rings is 1. The second-order valence-electron chi connectivity index (χ2n) is 5.02. The molecule has 5 nitrogen and oxygen atoms in total. The van der Waals surface area contributed by atoms with Crippen LogP contribution in [0.3, 0.4) is 0 Å². The van der Waals surface area contributed by atoms with Crippen molar-refractivity contribution in [3.63, 3.8) is 0 Å². The van der Waals surface area contributed by atoms with Gasteiger partial charge in [-0.2, -0.15) is 0 Å². The summed E-state index contributed by atoms with van der Waals surface area (Å²) in [5.74, 6) is 0.905. The molecule has 1 amide bonds. The minimum atomic E-state index is -0.121. The fourth-order valence-electron chi connectivity index (χ4n) is 2.31. The van der Waals surface area contributed by atoms with Crippen LogP contribution in [0.15, 0.2) is 18.2 Å². The van der Waals surface area contributed by atoms with Crippen molar-refractivity contribution >= 4 is 11.6 Å². The lowest BCUT2D eigenvalue weighted by molar-refractivity contribution is 0.0536. The van der Waals surface area contributed by atoms with E-state index in [-0.39, 0.29) is 5.91 Å². The molecule has 0 aromatic heterocycles. The van der Waals surface area contributed by atoms with Crippen LogP contribution in [-0.4, -0.2) is 32.3 Å². The van der Waals surface area contributed by atoms with E-state index in [4.69, 9.17) is 15.2 Å². The van der Waals surface area contributed by atoms with Crippen LogP contribution < -0.4 is 15.8 Å². The maximum Gasteiger partial charge on any atom is 0.251 e. The van der Waals surface area contributed by atoms with Crippen LogP contribution in [0, 0.1) is 5.92 Å². The number of nitrogen functional groups attached to an aromatic ring is 1. The average molecular weight is 278 g/mol. The van der Waals surface area contributed by atoms with E-state index in [0.29, 0.717) is 36.1 Å². The number of amides is 1. The molecule has 0 aliphatic carbocycles. The van der Waals surface area contributed by atoms with E-state index in [9.17, 15) is 4.79 Å². The smallest absolute Gasteiger partial charge is 0.251 e. The van der Waals surface area contributed by atoms with Crippen molar-refractivity contribution < 1.29 is 14.3 Å². The number of anilines is 1. The Balaban J connectivity index is 1.93. The van der Waals surface area contributed by atoms with Crippen LogP contribution in [0.1, 0.15) is 30.1 Å². The number of rotatable bonds is 5. The molecule has 1 unspecified atom stereocenters. The zero-order chi connectivity index (χ0) is 14.4. The number of carbonyl (C=O) groups is 1. The SMILES string of the molecule is CCOc1cc(N)cc(C(=O)NCC2CCCOC2)c1. The van der Waals surface area contributed by atoms with Crippen LogP contribution in [0.2, 0.25) is 0 Å². The summed E-state index contributed by atoms with van der Waals surface area (Å²) in [7, 11) is 0. The lowest BCUT2D eigenvalue weighted by Gasteiger charge is -2.22. The molecule has 0 radical (unpaired) electrons. The predicted octanol–water partition coefficient (Wildman–Crippen LogP) is 1.82. The summed E-state index contributed by atoms with van der Waals surface area (Å²) in [6.07, 6.45) is 2.16. The summed E-state index contributed by atoms with van der Waals surface area (Å²) in [6, 6.07) is 5.09. The third-order valence-corrected chi connectivity index (χ3v) is 3.31. The topological polar surface area (TPSA) is 73.6 Å². The van der Waals surface area contributed by atoms with Crippen molar-refractivity contribution in [2.45, 2.75) is 19.8 Å². The van der Waals surface area contributed by atoms with E-state index in [2.05, 4.69) is 5.32 Å². The molecule has 1 fully saturated rings. The van der Waals surface area contributed by atoms with Gasteiger partial charge in [0.05, 0.1) is 13.2 Å². The number of ether oxygens (including phenoxy) is 2. The Bertz CT molecular complexity index is 456. The zero-order valence-corrected chi connectivity index (χ0v) is 11.9. The molecule has 2 rings (SSSR count). The van der Waals surface area contributed by atoms with Crippen molar-refractivity contribution in [3.05, 3.63) is 23.8 Å². The Hall–Kier alpha value is -1.75. The number of nitrogens with one attached hydrogen (secondary N) is 1. The number of hydrogen-bond donors (Lipinski definition) is 2. The molecule has 110 valence electrons. The van der Waals surface area contributed by atoms with E-state index in [1.165, 1.54) is 0 Å². The van der Waals surface area contributed by atoms with Gasteiger partial charge in [-0.3, -0.25) is 4.79 Å². The van der Waals surface area contributed by atoms with Crippen LogP contribution >= 0.6 is 0 Å². The summed E-state index contributed by atoms with van der Waals surface area (Å²) in [6.45, 7) is 4.63. The first kappa shape index (κ1) is 14.7. The Kier molecular flexibility index (Phi) is 5.24. The Morgan fingerprint density at radius 1 is 1.50 bits per heavy atom. The lowest BCUT2D eigenvalue weighted by Crippen LogP contribution is -2.33. The van der Waals surface area contributed by atoms with Crippen molar-refractivity contribution in [1.82, 2.24) is 5.32 Å². The standard InChI is InChI=1S/C15H22N2O3/c1-2-20-14-7-12(6-13(16)8-14)15(18)17-9-11-4-3-5-19-10-11/h6-8,11H,2-5,9-10,16H2,1H3,(H,17,18). The fourth-order valence-corrected chi connectivity index (χ4v) is 2.31. The van der Waals surface area contributed by atoms with Crippen LogP contribution in [0.25, 0.3) is 0 Å². The maximum atomic E-state index is 12.1. The summed E-state index contributed by atoms with van der Waals surface area (Å²) in [4.78, 5) is 12.1. The minimum Gasteiger partial charge on any atom is -0.494 e. The van der Waals surface area contributed by atoms with Crippen LogP contribution in [0.4, 0.5) is 5.69 Å². The molecule has 1 saturated heterocycles. The lowest BCUT2D eigenvalue weighted by atomic mass is 10.0. The van der Waals surface area contributed by atoms with Crippen molar-refractivity contribution in [2.75, 3.05) is 32.1 Å². The number of nitrogens with two attached hydrogens (primary N) is 1. The fraction of sp³-hybridized carbons (Fsp3) is 0.533. The van der Waals surface area contributed by atoms with Gasteiger partial charge in [0.2, 0.25) is 0 Å². The zero-order valence-electron chi connectivity index (χ0n) is 11.9. The quantitative estimate of drug-likeness (QED) is 0.806. The van der Waals surface area contributed by atoms with E-state index in [0.717, 1.165) is 26.1 Å². The van der Waals surface area contributed by atoms with Crippen molar-refractivity contribution in [1.29, 1.82) is 0 Å². The molecule has 0 bridgehead atoms. The van der Waals surface area contributed by atoms with Gasteiger partial charge in [0.15, 0.2) is 0 Å². The summed E-state index contributed by atoms with van der Waals surface area (Å²) >= 11 is 0. The summed E-state index contributed by atoms with van der Waals surface area (Å²) < 4.78 is 10.8. The predicted molar refractivity (Wildman–Crippen MR) is 77.9 cm³/mol. The van der Waals surface area contributed by atoms with Gasteiger partial charge in [0.1, 0.15) is 5.75 Å². The Labute approximate surface area is 119 Å². The molecule has 1 aromatic rings. The normalized spacial score (nSPS) is 18.6. The molecule has 0 saturated carbocycles. The average Bonchev–Trinajstić information content (AvgIpc) is 2.45. The van der Waals surface area contributed by atoms with E-state index < -0.39 is 0 Å². The maximum absolute atomic E-state index is 12.1. The van der Waals surface area contributed by atoms with Gasteiger partial charge < -0.3 is 20.5 Å². The van der Waals surface area contributed by atoms with Crippen molar-refractivity contribution in [2.24, 2.45) is 5.92 Å². The van der Waals surface area contributed by atoms with E-state index in [1.807, 2.05) is 6.92 Å². The third kappa shape index (κ3) is 4.13. The molecule has 1 aliphatic heterocycles. The van der Waals surface area contributed by atoms with Gasteiger partial charge in [0.25, 0.3) is 5.91 Å². The first-order valence-electron chi connectivity index (χ1n) is 7.08. The van der Waals surface area contributed by atoms with Crippen molar-refractivity contribution in [3.8, 4) is 5.75 Å². The second kappa shape index (κ2) is 7.14. The van der Waals surface area contributed by atoms with Gasteiger partial charge in [-0.25, -0.2) is 0 Å². The molecule has 1 aromatic carbocycles. The highest BCUT2D eigenvalue weighted by molar-refractivity contribution is 5.95. The molecule has 5 heteroatoms. The highest BCUT2D eigenvalue weighted by Gasteiger charge is 2.16. The molecule has 1 heterocycles. The monoisotopic (exact) mass is 278 g/mol. The Morgan fingerprint density at radius 2 is 2.35 bits per heavy atom. The third-order valence-electron chi connectivity index (χ3n) is 3.31. The van der Waals surface area contributed by atoms with E-state index in [1.54, 1.807) is 18.2 Å². The molecular formula is C15H22N2O3. The van der Waals surface area contributed by atoms with Crippen LogP contribution in [-0.2, 0) is 4.74 Å². The number of hydrogen-bond acceptors (Lipinski definition) is 4. The highest BCUT2D eigenvalue weighted by Crippen LogP contribution is 2.19. The van der Waals surface area contributed by atoms with E-state index >= 15 is 0 Å². The summed E-state index contributed by atoms with van der Waals surface area (Å²) in [5.41, 5.74) is 6.85. The van der Waals surface area contributed by atoms with Gasteiger partial charge in [-0.1, -0.05) is 0 Å². The molecule has 3 N–H and O–H groups in total. The summed E-state index contributed by atoms with van der Waals surface area (Å²) in [5, 5.41) is 2.94. The van der Waals surface area contributed by atoms with Crippen LogP contribution in [0.5, 0.6) is 5.75 Å². The van der Waals surface area contributed by atoms with Gasteiger partial charge in [-0.15, -0.1) is 0 Å². The highest BCUT2D eigenvalue weighted by atomic mass is 16.5. The van der Waals surface area contributed by atoms with Gasteiger partial charge in [-0.05, 0) is 37.8 Å². The molecular weight excluding hydrogens is 256 g/mol. The van der Waals surface area contributed by atoms with Gasteiger partial charge in [0, 0.05) is 30.5 Å². The molecule has 1 aliphatic rings. The first-order chi connectivity index (χ1) is 9.69. The molecule has 0 spiro atoms. The number of carbonyl (C=O) groups excluding carboxylic acids is 1. The molecule has 1 atom stereocenters. The largest absolute Gasteiger partial charge is 0.494 e. The Morgan fingerprint density at radius 3 is 3.05 bits per heavy atom.